The Bertz CT molecular complexity index is 1170. The minimum Gasteiger partial charge on any atom is -0.461 e. The van der Waals surface area contributed by atoms with Crippen LogP contribution >= 0.6 is 0 Å². The number of nitrogens with zero attached hydrogens (tertiary/aromatic N) is 1. The van der Waals surface area contributed by atoms with Gasteiger partial charge in [-0.2, -0.15) is 0 Å². The van der Waals surface area contributed by atoms with E-state index in [4.69, 9.17) is 15.9 Å². The molecule has 1 aromatic carbocycles. The summed E-state index contributed by atoms with van der Waals surface area (Å²) in [6, 6.07) is 7.20. The Labute approximate surface area is 255 Å². The third kappa shape index (κ3) is 9.84. The first kappa shape index (κ1) is 35.3. The fourth-order valence-electron chi connectivity index (χ4n) is 4.82. The fraction of sp³-hybridized carbons (Fsp3) is 0.606. The standard InChI is InChI=1S/C33H47N3O7/c1-9-10-12-17-25-33(6,7)32(41)35-27(21(2)3)31(40)43-28(22(4)5)30(39)36(8)24(20-23-15-13-11-14-16-23)29(38)34-19-18-26(37)42-25/h1,11,13-16,21-22,24-25,27-28H,10,12,17-20H2,2-8H3,(H,34,38)(H,35,41)/t24-,25-,27-,28-/m0/s1. The number of carbonyl (C=O) groups excluding carboxylic acids is 5. The summed E-state index contributed by atoms with van der Waals surface area (Å²) in [6.07, 6.45) is 4.71. The molecule has 0 saturated carbocycles. The number of hydrogen-bond donors (Lipinski definition) is 2. The van der Waals surface area contributed by atoms with Crippen molar-refractivity contribution in [3.63, 3.8) is 0 Å². The molecule has 1 aliphatic rings. The Hall–Kier alpha value is -3.87. The van der Waals surface area contributed by atoms with Gasteiger partial charge in [-0.15, -0.1) is 12.3 Å². The molecule has 0 aromatic heterocycles. The molecule has 4 atom stereocenters. The predicted octanol–water partition coefficient (Wildman–Crippen LogP) is 3.03. The summed E-state index contributed by atoms with van der Waals surface area (Å²) in [5, 5.41) is 5.54. The van der Waals surface area contributed by atoms with Crippen molar-refractivity contribution >= 4 is 29.7 Å². The van der Waals surface area contributed by atoms with E-state index in [-0.39, 0.29) is 25.3 Å². The first-order valence-corrected chi connectivity index (χ1v) is 14.9. The van der Waals surface area contributed by atoms with Crippen molar-refractivity contribution in [3.05, 3.63) is 35.9 Å². The summed E-state index contributed by atoms with van der Waals surface area (Å²) < 4.78 is 11.6. The average Bonchev–Trinajstić information content (AvgIpc) is 2.95. The van der Waals surface area contributed by atoms with E-state index in [0.29, 0.717) is 19.3 Å². The molecule has 1 heterocycles. The van der Waals surface area contributed by atoms with Crippen LogP contribution in [0.3, 0.4) is 0 Å². The molecule has 10 nitrogen and oxygen atoms in total. The number of ether oxygens (including phenoxy) is 2. The summed E-state index contributed by atoms with van der Waals surface area (Å²) >= 11 is 0. The molecule has 0 unspecified atom stereocenters. The molecular formula is C33H47N3O7. The smallest absolute Gasteiger partial charge is 0.329 e. The highest BCUT2D eigenvalue weighted by Gasteiger charge is 2.43. The average molecular weight is 598 g/mol. The van der Waals surface area contributed by atoms with E-state index in [9.17, 15) is 24.0 Å². The summed E-state index contributed by atoms with van der Waals surface area (Å²) in [7, 11) is 1.49. The van der Waals surface area contributed by atoms with Gasteiger partial charge in [-0.25, -0.2) is 4.79 Å². The Morgan fingerprint density at radius 3 is 2.26 bits per heavy atom. The summed E-state index contributed by atoms with van der Waals surface area (Å²) in [5.74, 6) is -1.14. The third-order valence-electron chi connectivity index (χ3n) is 7.77. The van der Waals surface area contributed by atoms with Crippen molar-refractivity contribution in [1.82, 2.24) is 15.5 Å². The molecule has 2 N–H and O–H groups in total. The van der Waals surface area contributed by atoms with Gasteiger partial charge in [-0.05, 0) is 44.1 Å². The third-order valence-corrected chi connectivity index (χ3v) is 7.77. The van der Waals surface area contributed by atoms with Gasteiger partial charge in [-0.1, -0.05) is 58.0 Å². The topological polar surface area (TPSA) is 131 Å². The first-order valence-electron chi connectivity index (χ1n) is 14.9. The number of amides is 3. The maximum atomic E-state index is 13.8. The van der Waals surface area contributed by atoms with E-state index in [1.807, 2.05) is 30.3 Å². The molecular weight excluding hydrogens is 550 g/mol. The molecule has 0 bridgehead atoms. The van der Waals surface area contributed by atoms with E-state index >= 15 is 0 Å². The van der Waals surface area contributed by atoms with Gasteiger partial charge in [0.2, 0.25) is 11.8 Å². The van der Waals surface area contributed by atoms with Gasteiger partial charge in [0.25, 0.3) is 5.91 Å². The number of hydrogen-bond acceptors (Lipinski definition) is 7. The molecule has 10 heteroatoms. The van der Waals surface area contributed by atoms with Gasteiger partial charge in [0.1, 0.15) is 18.2 Å². The Morgan fingerprint density at radius 2 is 1.67 bits per heavy atom. The van der Waals surface area contributed by atoms with Crippen molar-refractivity contribution < 1.29 is 33.4 Å². The SMILES string of the molecule is C#CCCC[C@@H]1OC(=O)CCNC(=O)[C@H](Cc2ccccc2)N(C)C(=O)[C@H](C(C)C)OC(=O)[C@H](C(C)C)NC(=O)C1(C)C. The lowest BCUT2D eigenvalue weighted by atomic mass is 9.82. The van der Waals surface area contributed by atoms with Crippen LogP contribution in [0.25, 0.3) is 0 Å². The highest BCUT2D eigenvalue weighted by atomic mass is 16.6. The van der Waals surface area contributed by atoms with Gasteiger partial charge < -0.3 is 25.0 Å². The molecule has 1 aliphatic heterocycles. The number of carbonyl (C=O) groups is 5. The van der Waals surface area contributed by atoms with Crippen LogP contribution < -0.4 is 10.6 Å². The Balaban J connectivity index is 2.52. The number of rotatable bonds is 7. The van der Waals surface area contributed by atoms with Crippen molar-refractivity contribution in [1.29, 1.82) is 0 Å². The molecule has 2 rings (SSSR count). The monoisotopic (exact) mass is 597 g/mol. The summed E-state index contributed by atoms with van der Waals surface area (Å²) in [5.41, 5.74) is -0.409. The number of nitrogens with one attached hydrogen (secondary N) is 2. The van der Waals surface area contributed by atoms with Gasteiger partial charge in [0, 0.05) is 26.4 Å². The molecule has 1 saturated heterocycles. The van der Waals surface area contributed by atoms with E-state index < -0.39 is 65.3 Å². The zero-order chi connectivity index (χ0) is 32.3. The van der Waals surface area contributed by atoms with Gasteiger partial charge in [-0.3, -0.25) is 19.2 Å². The van der Waals surface area contributed by atoms with E-state index in [0.717, 1.165) is 5.56 Å². The lowest BCUT2D eigenvalue weighted by Gasteiger charge is -2.35. The lowest BCUT2D eigenvalue weighted by Crippen LogP contribution is -2.56. The van der Waals surface area contributed by atoms with Crippen LogP contribution in [0.1, 0.15) is 72.8 Å². The number of unbranched alkanes of at least 4 members (excludes halogenated alkanes) is 1. The second-order valence-electron chi connectivity index (χ2n) is 12.3. The summed E-state index contributed by atoms with van der Waals surface area (Å²) in [6.45, 7) is 10.2. The highest BCUT2D eigenvalue weighted by molar-refractivity contribution is 5.92. The normalized spacial score (nSPS) is 24.5. The van der Waals surface area contributed by atoms with Crippen LogP contribution in [-0.2, 0) is 39.9 Å². The minimum atomic E-state index is -1.23. The van der Waals surface area contributed by atoms with E-state index in [1.165, 1.54) is 11.9 Å². The maximum absolute atomic E-state index is 13.8. The highest BCUT2D eigenvalue weighted by Crippen LogP contribution is 2.29. The van der Waals surface area contributed by atoms with Crippen molar-refractivity contribution in [2.45, 2.75) is 97.9 Å². The molecule has 0 radical (unpaired) electrons. The van der Waals surface area contributed by atoms with Crippen LogP contribution in [0.15, 0.2) is 30.3 Å². The molecule has 3 amide bonds. The van der Waals surface area contributed by atoms with Crippen LogP contribution in [0.5, 0.6) is 0 Å². The Kier molecular flexibility index (Phi) is 13.2. The fourth-order valence-corrected chi connectivity index (χ4v) is 4.82. The second-order valence-corrected chi connectivity index (χ2v) is 12.3. The van der Waals surface area contributed by atoms with Crippen LogP contribution in [-0.4, -0.2) is 72.4 Å². The predicted molar refractivity (Wildman–Crippen MR) is 162 cm³/mol. The molecule has 1 fully saturated rings. The Morgan fingerprint density at radius 1 is 1.02 bits per heavy atom. The number of cyclic esters (lactones) is 2. The zero-order valence-electron chi connectivity index (χ0n) is 26.5. The van der Waals surface area contributed by atoms with E-state index in [2.05, 4.69) is 16.6 Å². The van der Waals surface area contributed by atoms with Crippen LogP contribution in [0.4, 0.5) is 0 Å². The first-order chi connectivity index (χ1) is 20.2. The largest absolute Gasteiger partial charge is 0.461 e. The second kappa shape index (κ2) is 16.1. The molecule has 236 valence electrons. The van der Waals surface area contributed by atoms with E-state index in [1.54, 1.807) is 41.5 Å². The van der Waals surface area contributed by atoms with Crippen LogP contribution in [0, 0.1) is 29.6 Å². The van der Waals surface area contributed by atoms with Gasteiger partial charge >= 0.3 is 11.9 Å². The quantitative estimate of drug-likeness (QED) is 0.281. The number of likely N-dealkylation sites (N-methyl/N-ethyl adjacent to an activating group) is 1. The van der Waals surface area contributed by atoms with Gasteiger partial charge in [0.15, 0.2) is 6.10 Å². The molecule has 43 heavy (non-hydrogen) atoms. The molecule has 0 spiro atoms. The number of esters is 2. The van der Waals surface area contributed by atoms with Crippen molar-refractivity contribution in [2.75, 3.05) is 13.6 Å². The van der Waals surface area contributed by atoms with Crippen molar-refractivity contribution in [3.8, 4) is 12.3 Å². The lowest BCUT2D eigenvalue weighted by molar-refractivity contribution is -0.168. The minimum absolute atomic E-state index is 0.0350. The number of benzene rings is 1. The summed E-state index contributed by atoms with van der Waals surface area (Å²) in [4.78, 5) is 68.6. The van der Waals surface area contributed by atoms with Crippen molar-refractivity contribution in [2.24, 2.45) is 17.3 Å². The van der Waals surface area contributed by atoms with Gasteiger partial charge in [0.05, 0.1) is 11.8 Å². The zero-order valence-corrected chi connectivity index (χ0v) is 26.5. The maximum Gasteiger partial charge on any atom is 0.329 e. The molecule has 1 aromatic rings. The number of terminal acetylenes is 1. The molecule has 0 aliphatic carbocycles. The van der Waals surface area contributed by atoms with Crippen LogP contribution in [0.2, 0.25) is 0 Å².